The number of benzene rings is 1. The number of aromatic nitrogens is 1. The van der Waals surface area contributed by atoms with Gasteiger partial charge in [-0.3, -0.25) is 10.3 Å². The third-order valence-corrected chi connectivity index (χ3v) is 2.00. The molecular weight excluding hydrogens is 218 g/mol. The highest BCUT2D eigenvalue weighted by Crippen LogP contribution is 2.24. The zero-order valence-corrected chi connectivity index (χ0v) is 7.87. The highest BCUT2D eigenvalue weighted by Gasteiger charge is 2.10. The van der Waals surface area contributed by atoms with Crippen LogP contribution in [0.4, 0.5) is 19.3 Å². The summed E-state index contributed by atoms with van der Waals surface area (Å²) in [6, 6.07) is 3.05. The van der Waals surface area contributed by atoms with Crippen molar-refractivity contribution in [1.82, 2.24) is 4.98 Å². The van der Waals surface area contributed by atoms with Gasteiger partial charge in [0.2, 0.25) is 0 Å². The van der Waals surface area contributed by atoms with Gasteiger partial charge in [0.25, 0.3) is 0 Å². The third-order valence-electron chi connectivity index (χ3n) is 2.00. The van der Waals surface area contributed by atoms with Crippen LogP contribution in [-0.2, 0) is 0 Å². The van der Waals surface area contributed by atoms with Crippen molar-refractivity contribution in [2.45, 2.75) is 0 Å². The first-order valence-electron chi connectivity index (χ1n) is 4.31. The molecule has 2 N–H and O–H groups in total. The van der Waals surface area contributed by atoms with Crippen LogP contribution in [0.3, 0.4) is 0 Å². The molecule has 0 bridgehead atoms. The zero-order valence-electron chi connectivity index (χ0n) is 7.87. The SMILES string of the molecule is O=C(O)Nc1ccnc2c(F)cc(F)cc12. The monoisotopic (exact) mass is 224 g/mol. The van der Waals surface area contributed by atoms with Gasteiger partial charge in [0, 0.05) is 17.6 Å². The molecule has 0 aliphatic heterocycles. The van der Waals surface area contributed by atoms with Gasteiger partial charge in [-0.1, -0.05) is 0 Å². The summed E-state index contributed by atoms with van der Waals surface area (Å²) in [5.41, 5.74) is 0.0172. The van der Waals surface area contributed by atoms with Crippen LogP contribution in [0.25, 0.3) is 10.9 Å². The molecule has 0 aliphatic rings. The van der Waals surface area contributed by atoms with Crippen LogP contribution >= 0.6 is 0 Å². The number of pyridine rings is 1. The van der Waals surface area contributed by atoms with Crippen LogP contribution < -0.4 is 5.32 Å². The van der Waals surface area contributed by atoms with E-state index < -0.39 is 17.7 Å². The average Bonchev–Trinajstić information content (AvgIpc) is 2.18. The second-order valence-electron chi connectivity index (χ2n) is 3.07. The van der Waals surface area contributed by atoms with E-state index >= 15 is 0 Å². The Morgan fingerprint density at radius 3 is 2.81 bits per heavy atom. The number of anilines is 1. The number of carbonyl (C=O) groups is 1. The number of hydrogen-bond acceptors (Lipinski definition) is 2. The second kappa shape index (κ2) is 3.73. The fourth-order valence-electron chi connectivity index (χ4n) is 1.40. The van der Waals surface area contributed by atoms with Crippen molar-refractivity contribution in [3.8, 4) is 0 Å². The normalized spacial score (nSPS) is 10.4. The summed E-state index contributed by atoms with van der Waals surface area (Å²) in [5.74, 6) is -1.62. The van der Waals surface area contributed by atoms with Crippen molar-refractivity contribution < 1.29 is 18.7 Å². The number of hydrogen-bond donors (Lipinski definition) is 2. The minimum Gasteiger partial charge on any atom is -0.465 e. The highest BCUT2D eigenvalue weighted by molar-refractivity contribution is 5.98. The van der Waals surface area contributed by atoms with E-state index in [1.54, 1.807) is 0 Å². The van der Waals surface area contributed by atoms with Crippen molar-refractivity contribution >= 4 is 22.7 Å². The average molecular weight is 224 g/mol. The number of halogens is 2. The number of carboxylic acid groups (broad SMARTS) is 1. The van der Waals surface area contributed by atoms with E-state index in [0.717, 1.165) is 6.07 Å². The molecule has 0 unspecified atom stereocenters. The van der Waals surface area contributed by atoms with E-state index in [0.29, 0.717) is 6.07 Å². The van der Waals surface area contributed by atoms with Crippen LogP contribution in [0, 0.1) is 11.6 Å². The van der Waals surface area contributed by atoms with Gasteiger partial charge >= 0.3 is 6.09 Å². The Morgan fingerprint density at radius 1 is 1.38 bits per heavy atom. The molecule has 1 aromatic carbocycles. The summed E-state index contributed by atoms with van der Waals surface area (Å²) in [6.45, 7) is 0. The predicted octanol–water partition coefficient (Wildman–Crippen LogP) is 2.60. The van der Waals surface area contributed by atoms with Gasteiger partial charge in [-0.2, -0.15) is 0 Å². The number of rotatable bonds is 1. The number of fused-ring (bicyclic) bond motifs is 1. The molecule has 1 heterocycles. The molecule has 0 aliphatic carbocycles. The first-order chi connectivity index (χ1) is 7.58. The first kappa shape index (κ1) is 10.3. The lowest BCUT2D eigenvalue weighted by atomic mass is 10.2. The summed E-state index contributed by atoms with van der Waals surface area (Å²) < 4.78 is 26.3. The minimum atomic E-state index is -1.31. The van der Waals surface area contributed by atoms with Gasteiger partial charge in [0.05, 0.1) is 5.69 Å². The van der Waals surface area contributed by atoms with Gasteiger partial charge in [0.15, 0.2) is 5.82 Å². The highest BCUT2D eigenvalue weighted by atomic mass is 19.1. The fraction of sp³-hybridized carbons (Fsp3) is 0. The van der Waals surface area contributed by atoms with E-state index in [1.807, 2.05) is 5.32 Å². The van der Waals surface area contributed by atoms with Crippen molar-refractivity contribution in [3.63, 3.8) is 0 Å². The van der Waals surface area contributed by atoms with Gasteiger partial charge < -0.3 is 5.11 Å². The van der Waals surface area contributed by atoms with Crippen LogP contribution in [0.5, 0.6) is 0 Å². The van der Waals surface area contributed by atoms with Gasteiger partial charge in [-0.05, 0) is 12.1 Å². The molecule has 2 aromatic rings. The molecule has 82 valence electrons. The number of nitrogens with zero attached hydrogens (tertiary/aromatic N) is 1. The molecule has 0 spiro atoms. The summed E-state index contributed by atoms with van der Waals surface area (Å²) in [5, 5.41) is 10.7. The zero-order chi connectivity index (χ0) is 11.7. The topological polar surface area (TPSA) is 62.2 Å². The molecule has 0 atom stereocenters. The molecule has 6 heteroatoms. The Kier molecular flexibility index (Phi) is 2.40. The molecule has 4 nitrogen and oxygen atoms in total. The van der Waals surface area contributed by atoms with E-state index in [1.165, 1.54) is 12.3 Å². The smallest absolute Gasteiger partial charge is 0.409 e. The van der Waals surface area contributed by atoms with Crippen LogP contribution in [-0.4, -0.2) is 16.2 Å². The molecule has 0 radical (unpaired) electrons. The lowest BCUT2D eigenvalue weighted by Crippen LogP contribution is -2.08. The second-order valence-corrected chi connectivity index (χ2v) is 3.07. The first-order valence-corrected chi connectivity index (χ1v) is 4.31. The quantitative estimate of drug-likeness (QED) is 0.782. The number of amides is 1. The van der Waals surface area contributed by atoms with E-state index in [2.05, 4.69) is 4.98 Å². The van der Waals surface area contributed by atoms with Crippen molar-refractivity contribution in [1.29, 1.82) is 0 Å². The third kappa shape index (κ3) is 1.77. The predicted molar refractivity (Wildman–Crippen MR) is 53.3 cm³/mol. The Morgan fingerprint density at radius 2 is 2.12 bits per heavy atom. The summed E-state index contributed by atoms with van der Waals surface area (Å²) >= 11 is 0. The molecule has 16 heavy (non-hydrogen) atoms. The molecule has 0 fully saturated rings. The van der Waals surface area contributed by atoms with Crippen LogP contribution in [0.15, 0.2) is 24.4 Å². The molecule has 0 saturated heterocycles. The standard InChI is InChI=1S/C10H6F2N2O2/c11-5-3-6-8(14-10(15)16)1-2-13-9(6)7(12)4-5/h1-4H,(H,13,14)(H,15,16). The van der Waals surface area contributed by atoms with E-state index in [-0.39, 0.29) is 16.6 Å². The molecule has 0 saturated carbocycles. The Balaban J connectivity index is 2.71. The maximum atomic E-state index is 13.3. The summed E-state index contributed by atoms with van der Waals surface area (Å²) in [4.78, 5) is 14.2. The maximum absolute atomic E-state index is 13.3. The lowest BCUT2D eigenvalue weighted by molar-refractivity contribution is 0.210. The van der Waals surface area contributed by atoms with Crippen molar-refractivity contribution in [3.05, 3.63) is 36.0 Å². The maximum Gasteiger partial charge on any atom is 0.409 e. The lowest BCUT2D eigenvalue weighted by Gasteiger charge is -2.05. The summed E-state index contributed by atoms with van der Waals surface area (Å²) in [6.07, 6.45) is -0.0635. The van der Waals surface area contributed by atoms with Crippen LogP contribution in [0.2, 0.25) is 0 Å². The molecule has 1 aromatic heterocycles. The Hall–Kier alpha value is -2.24. The van der Waals surface area contributed by atoms with Gasteiger partial charge in [-0.25, -0.2) is 13.6 Å². The summed E-state index contributed by atoms with van der Waals surface area (Å²) in [7, 11) is 0. The van der Waals surface area contributed by atoms with Gasteiger partial charge in [0.1, 0.15) is 11.3 Å². The largest absolute Gasteiger partial charge is 0.465 e. The van der Waals surface area contributed by atoms with Crippen molar-refractivity contribution in [2.24, 2.45) is 0 Å². The minimum absolute atomic E-state index is 0.0762. The number of nitrogens with one attached hydrogen (secondary N) is 1. The molecule has 2 rings (SSSR count). The van der Waals surface area contributed by atoms with E-state index in [4.69, 9.17) is 5.11 Å². The molecule has 1 amide bonds. The fourth-order valence-corrected chi connectivity index (χ4v) is 1.40. The van der Waals surface area contributed by atoms with Gasteiger partial charge in [-0.15, -0.1) is 0 Å². The Labute approximate surface area is 88.5 Å². The van der Waals surface area contributed by atoms with Crippen molar-refractivity contribution in [2.75, 3.05) is 5.32 Å². The molecular formula is C10H6F2N2O2. The Bertz CT molecular complexity index is 572. The van der Waals surface area contributed by atoms with E-state index in [9.17, 15) is 13.6 Å². The van der Waals surface area contributed by atoms with Crippen LogP contribution in [0.1, 0.15) is 0 Å².